The molecule has 0 amide bonds. The van der Waals surface area contributed by atoms with Crippen molar-refractivity contribution >= 4 is 21.9 Å². The topological polar surface area (TPSA) is 55.1 Å². The summed E-state index contributed by atoms with van der Waals surface area (Å²) in [6.45, 7) is 5.82. The van der Waals surface area contributed by atoms with E-state index in [0.717, 1.165) is 4.48 Å². The normalized spacial score (nSPS) is 10.0. The number of hydrogen-bond acceptors (Lipinski definition) is 2. The smallest absolute Gasteiger partial charge is 0.354 e. The third-order valence-electron chi connectivity index (χ3n) is 1.60. The molecule has 0 unspecified atom stereocenters. The fourth-order valence-electron chi connectivity index (χ4n) is 1.01. The van der Waals surface area contributed by atoms with Crippen LogP contribution < -0.4 is 0 Å². The lowest BCUT2D eigenvalue weighted by Crippen LogP contribution is -2.09. The molecule has 13 heavy (non-hydrogen) atoms. The second-order valence-corrected chi connectivity index (χ2v) is 3.72. The zero-order valence-electron chi connectivity index (χ0n) is 7.12. The number of aromatic nitrogens is 2. The van der Waals surface area contributed by atoms with Crippen LogP contribution in [0.5, 0.6) is 0 Å². The molecule has 70 valence electrons. The van der Waals surface area contributed by atoms with E-state index < -0.39 is 5.97 Å². The number of aryl methyl sites for hydroxylation is 1. The molecule has 0 radical (unpaired) electrons. The van der Waals surface area contributed by atoms with Crippen molar-refractivity contribution in [1.29, 1.82) is 0 Å². The van der Waals surface area contributed by atoms with E-state index in [4.69, 9.17) is 5.11 Å². The minimum atomic E-state index is -0.977. The van der Waals surface area contributed by atoms with Gasteiger partial charge >= 0.3 is 5.97 Å². The minimum Gasteiger partial charge on any atom is -0.477 e. The maximum absolute atomic E-state index is 10.7. The zero-order valence-corrected chi connectivity index (χ0v) is 8.71. The highest BCUT2D eigenvalue weighted by molar-refractivity contribution is 9.11. The first-order valence-electron chi connectivity index (χ1n) is 3.61. The quantitative estimate of drug-likeness (QED) is 0.883. The van der Waals surface area contributed by atoms with Crippen molar-refractivity contribution in [3.05, 3.63) is 28.8 Å². The number of rotatable bonds is 3. The molecular weight excluding hydrogens is 236 g/mol. The molecule has 4 nitrogen and oxygen atoms in total. The Kier molecular flexibility index (Phi) is 2.87. The van der Waals surface area contributed by atoms with Crippen molar-refractivity contribution < 1.29 is 9.90 Å². The van der Waals surface area contributed by atoms with Gasteiger partial charge in [-0.25, -0.2) is 9.78 Å². The van der Waals surface area contributed by atoms with Crippen LogP contribution in [-0.2, 0) is 6.54 Å². The van der Waals surface area contributed by atoms with Crippen LogP contribution in [0.4, 0.5) is 0 Å². The molecule has 1 aromatic rings. The molecule has 0 aromatic carbocycles. The highest BCUT2D eigenvalue weighted by Gasteiger charge is 2.12. The molecular formula is C8H9BrN2O2. The van der Waals surface area contributed by atoms with E-state index in [-0.39, 0.29) is 5.69 Å². The van der Waals surface area contributed by atoms with Gasteiger partial charge in [-0.1, -0.05) is 22.5 Å². The Balaban J connectivity index is 3.08. The van der Waals surface area contributed by atoms with Crippen molar-refractivity contribution in [3.8, 4) is 0 Å². The number of allylic oxidation sites excluding steroid dienone is 1. The van der Waals surface area contributed by atoms with Crippen molar-refractivity contribution in [2.24, 2.45) is 0 Å². The van der Waals surface area contributed by atoms with Gasteiger partial charge in [0.2, 0.25) is 0 Å². The summed E-state index contributed by atoms with van der Waals surface area (Å²) < 4.78 is 2.30. The Labute approximate surface area is 84.0 Å². The molecule has 0 aliphatic rings. The second-order valence-electron chi connectivity index (χ2n) is 2.60. The maximum atomic E-state index is 10.7. The Morgan fingerprint density at radius 3 is 2.92 bits per heavy atom. The van der Waals surface area contributed by atoms with Crippen LogP contribution in [0.25, 0.3) is 0 Å². The lowest BCUT2D eigenvalue weighted by Gasteiger charge is -2.05. The Morgan fingerprint density at radius 2 is 2.46 bits per heavy atom. The van der Waals surface area contributed by atoms with Crippen molar-refractivity contribution in [2.45, 2.75) is 13.5 Å². The summed E-state index contributed by atoms with van der Waals surface area (Å²) in [4.78, 5) is 14.6. The summed E-state index contributed by atoms with van der Waals surface area (Å²) in [5.41, 5.74) is 0.179. The number of carboxylic acid groups (broad SMARTS) is 1. The minimum absolute atomic E-state index is 0.179. The summed E-state index contributed by atoms with van der Waals surface area (Å²) in [6, 6.07) is 0. The molecule has 0 bridgehead atoms. The van der Waals surface area contributed by atoms with Gasteiger partial charge in [0.05, 0.1) is 12.7 Å². The molecule has 0 spiro atoms. The van der Waals surface area contributed by atoms with E-state index in [1.165, 1.54) is 6.20 Å². The molecule has 0 fully saturated rings. The Hall–Kier alpha value is -1.10. The summed E-state index contributed by atoms with van der Waals surface area (Å²) in [6.07, 6.45) is 1.34. The number of imidazole rings is 1. The Bertz CT molecular complexity index is 357. The van der Waals surface area contributed by atoms with Crippen LogP contribution in [-0.4, -0.2) is 20.6 Å². The summed E-state index contributed by atoms with van der Waals surface area (Å²) in [5.74, 6) is -0.313. The molecule has 1 heterocycles. The lowest BCUT2D eigenvalue weighted by atomic mass is 10.4. The van der Waals surface area contributed by atoms with Gasteiger partial charge in [-0.15, -0.1) is 0 Å². The summed E-state index contributed by atoms with van der Waals surface area (Å²) >= 11 is 3.18. The first-order chi connectivity index (χ1) is 6.02. The zero-order chi connectivity index (χ0) is 10.0. The SMILES string of the molecule is C=C(Br)Cn1c(C(=O)O)cnc1C. The second kappa shape index (κ2) is 3.74. The summed E-state index contributed by atoms with van der Waals surface area (Å²) in [5, 5.41) is 8.79. The fourth-order valence-corrected chi connectivity index (χ4v) is 1.26. The van der Waals surface area contributed by atoms with E-state index >= 15 is 0 Å². The van der Waals surface area contributed by atoms with E-state index in [9.17, 15) is 4.79 Å². The number of nitrogens with zero attached hydrogens (tertiary/aromatic N) is 2. The predicted molar refractivity (Wildman–Crippen MR) is 52.0 cm³/mol. The number of hydrogen-bond donors (Lipinski definition) is 1. The third kappa shape index (κ3) is 2.18. The van der Waals surface area contributed by atoms with Crippen LogP contribution in [0.1, 0.15) is 16.3 Å². The standard InChI is InChI=1S/C8H9BrN2O2/c1-5(9)4-11-6(2)10-3-7(11)8(12)13/h3H,1,4H2,2H3,(H,12,13). The van der Waals surface area contributed by atoms with Gasteiger partial charge in [0.25, 0.3) is 0 Å². The first kappa shape index (κ1) is 9.98. The van der Waals surface area contributed by atoms with Gasteiger partial charge in [-0.3, -0.25) is 0 Å². The molecule has 0 saturated carbocycles. The highest BCUT2D eigenvalue weighted by Crippen LogP contribution is 2.11. The average Bonchev–Trinajstić information content (AvgIpc) is 2.32. The van der Waals surface area contributed by atoms with Crippen LogP contribution in [0.15, 0.2) is 17.3 Å². The third-order valence-corrected chi connectivity index (χ3v) is 1.85. The first-order valence-corrected chi connectivity index (χ1v) is 4.40. The molecule has 0 aliphatic heterocycles. The molecule has 0 aliphatic carbocycles. The number of carbonyl (C=O) groups is 1. The largest absolute Gasteiger partial charge is 0.477 e. The van der Waals surface area contributed by atoms with Gasteiger partial charge in [0, 0.05) is 4.48 Å². The van der Waals surface area contributed by atoms with Crippen molar-refractivity contribution in [3.63, 3.8) is 0 Å². The number of halogens is 1. The van der Waals surface area contributed by atoms with Gasteiger partial charge in [-0.2, -0.15) is 0 Å². The van der Waals surface area contributed by atoms with Crippen LogP contribution in [0, 0.1) is 6.92 Å². The van der Waals surface area contributed by atoms with E-state index in [1.807, 2.05) is 0 Å². The number of aromatic carboxylic acids is 1. The maximum Gasteiger partial charge on any atom is 0.354 e. The molecule has 5 heteroatoms. The van der Waals surface area contributed by atoms with Gasteiger partial charge in [-0.05, 0) is 6.92 Å². The van der Waals surface area contributed by atoms with E-state index in [0.29, 0.717) is 12.4 Å². The highest BCUT2D eigenvalue weighted by atomic mass is 79.9. The lowest BCUT2D eigenvalue weighted by molar-refractivity contribution is 0.0685. The van der Waals surface area contributed by atoms with Crippen molar-refractivity contribution in [1.82, 2.24) is 9.55 Å². The fraction of sp³-hybridized carbons (Fsp3) is 0.250. The number of carboxylic acids is 1. The average molecular weight is 245 g/mol. The van der Waals surface area contributed by atoms with Gasteiger partial charge < -0.3 is 9.67 Å². The Morgan fingerprint density at radius 1 is 1.85 bits per heavy atom. The molecule has 1 N–H and O–H groups in total. The molecule has 1 aromatic heterocycles. The van der Waals surface area contributed by atoms with E-state index in [1.54, 1.807) is 11.5 Å². The van der Waals surface area contributed by atoms with Gasteiger partial charge in [0.15, 0.2) is 0 Å². The molecule has 1 rings (SSSR count). The van der Waals surface area contributed by atoms with Crippen LogP contribution in [0.3, 0.4) is 0 Å². The predicted octanol–water partition coefficient (Wildman–Crippen LogP) is 1.80. The molecule has 0 atom stereocenters. The van der Waals surface area contributed by atoms with Crippen molar-refractivity contribution in [2.75, 3.05) is 0 Å². The van der Waals surface area contributed by atoms with Crippen LogP contribution >= 0.6 is 15.9 Å². The van der Waals surface area contributed by atoms with Crippen LogP contribution in [0.2, 0.25) is 0 Å². The van der Waals surface area contributed by atoms with E-state index in [2.05, 4.69) is 27.5 Å². The monoisotopic (exact) mass is 244 g/mol. The molecule has 0 saturated heterocycles. The summed E-state index contributed by atoms with van der Waals surface area (Å²) in [7, 11) is 0. The van der Waals surface area contributed by atoms with Gasteiger partial charge in [0.1, 0.15) is 11.5 Å².